The molecule has 0 saturated heterocycles. The molecule has 0 unspecified atom stereocenters. The molecular weight excluding hydrogens is 428 g/mol. The molecule has 0 radical (unpaired) electrons. The van der Waals surface area contributed by atoms with Gasteiger partial charge in [0.2, 0.25) is 11.8 Å². The van der Waals surface area contributed by atoms with E-state index in [1.807, 2.05) is 54.6 Å². The molecule has 2 heterocycles. The van der Waals surface area contributed by atoms with E-state index in [0.29, 0.717) is 11.1 Å². The van der Waals surface area contributed by atoms with Gasteiger partial charge < -0.3 is 9.73 Å². The molecule has 1 amide bonds. The van der Waals surface area contributed by atoms with E-state index >= 15 is 0 Å². The number of aromatic nitrogens is 3. The molecule has 0 fully saturated rings. The first-order valence-electron chi connectivity index (χ1n) is 8.04. The molecule has 134 valence electrons. The summed E-state index contributed by atoms with van der Waals surface area (Å²) in [5, 5.41) is 12.2. The first-order chi connectivity index (χ1) is 13.2. The highest BCUT2D eigenvalue weighted by atomic mass is 79.9. The van der Waals surface area contributed by atoms with Crippen LogP contribution in [0, 0.1) is 0 Å². The van der Waals surface area contributed by atoms with Crippen molar-refractivity contribution in [2.45, 2.75) is 5.22 Å². The van der Waals surface area contributed by atoms with Gasteiger partial charge in [0.05, 0.1) is 11.3 Å². The average Bonchev–Trinajstić information content (AvgIpc) is 3.17. The molecule has 0 spiro atoms. The summed E-state index contributed by atoms with van der Waals surface area (Å²) < 4.78 is 6.63. The van der Waals surface area contributed by atoms with Crippen LogP contribution in [-0.4, -0.2) is 26.8 Å². The molecule has 0 aliphatic heterocycles. The van der Waals surface area contributed by atoms with Gasteiger partial charge in [-0.25, -0.2) is 0 Å². The molecule has 0 atom stereocenters. The third kappa shape index (κ3) is 4.35. The number of amides is 1. The van der Waals surface area contributed by atoms with E-state index in [1.165, 1.54) is 11.8 Å². The number of halogens is 1. The molecule has 1 N–H and O–H groups in total. The summed E-state index contributed by atoms with van der Waals surface area (Å²) in [5.74, 6) is 0.453. The summed E-state index contributed by atoms with van der Waals surface area (Å²) in [6, 6.07) is 17.0. The predicted molar refractivity (Wildman–Crippen MR) is 109 cm³/mol. The number of rotatable bonds is 5. The number of fused-ring (bicyclic) bond motifs is 1. The normalized spacial score (nSPS) is 10.9. The van der Waals surface area contributed by atoms with Gasteiger partial charge in [-0.05, 0) is 48.5 Å². The zero-order chi connectivity index (χ0) is 18.6. The number of hydrogen-bond acceptors (Lipinski definition) is 6. The number of thioether (sulfide) groups is 1. The second-order valence-electron chi connectivity index (χ2n) is 5.63. The number of carbonyl (C=O) groups excluding carboxylic acids is 1. The maximum Gasteiger partial charge on any atom is 0.277 e. The number of carbonyl (C=O) groups is 1. The second kappa shape index (κ2) is 7.89. The van der Waals surface area contributed by atoms with Crippen molar-refractivity contribution in [1.29, 1.82) is 0 Å². The Morgan fingerprint density at radius 1 is 1.11 bits per heavy atom. The number of benzene rings is 2. The maximum absolute atomic E-state index is 12.1. The number of nitrogens with zero attached hydrogens (tertiary/aromatic N) is 3. The molecule has 0 aliphatic rings. The van der Waals surface area contributed by atoms with E-state index in [-0.39, 0.29) is 11.7 Å². The predicted octanol–water partition coefficient (Wildman–Crippen LogP) is 4.78. The molecular formula is C19H13BrN4O2S. The Bertz CT molecular complexity index is 1100. The number of pyridine rings is 1. The van der Waals surface area contributed by atoms with E-state index in [0.717, 1.165) is 26.6 Å². The maximum atomic E-state index is 12.1. The molecule has 4 rings (SSSR count). The zero-order valence-corrected chi connectivity index (χ0v) is 16.3. The van der Waals surface area contributed by atoms with Crippen molar-refractivity contribution in [1.82, 2.24) is 15.2 Å². The minimum Gasteiger partial charge on any atom is -0.411 e. The molecule has 4 aromatic rings. The minimum atomic E-state index is -0.140. The van der Waals surface area contributed by atoms with Crippen molar-refractivity contribution in [3.63, 3.8) is 0 Å². The van der Waals surface area contributed by atoms with Crippen LogP contribution >= 0.6 is 27.7 Å². The number of hydrogen-bond donors (Lipinski definition) is 1. The third-order valence-electron chi connectivity index (χ3n) is 3.71. The smallest absolute Gasteiger partial charge is 0.277 e. The van der Waals surface area contributed by atoms with Crippen LogP contribution in [0.25, 0.3) is 22.4 Å². The van der Waals surface area contributed by atoms with Crippen LogP contribution in [0.4, 0.5) is 5.69 Å². The summed E-state index contributed by atoms with van der Waals surface area (Å²) in [4.78, 5) is 16.3. The van der Waals surface area contributed by atoms with Crippen molar-refractivity contribution < 1.29 is 9.21 Å². The van der Waals surface area contributed by atoms with Gasteiger partial charge in [-0.2, -0.15) is 0 Å². The Hall–Kier alpha value is -2.71. The Morgan fingerprint density at radius 3 is 2.81 bits per heavy atom. The summed E-state index contributed by atoms with van der Waals surface area (Å²) >= 11 is 4.56. The van der Waals surface area contributed by atoms with Crippen LogP contribution in [0.5, 0.6) is 0 Å². The monoisotopic (exact) mass is 440 g/mol. The molecule has 0 bridgehead atoms. The van der Waals surface area contributed by atoms with Crippen LogP contribution in [-0.2, 0) is 4.79 Å². The lowest BCUT2D eigenvalue weighted by Gasteiger charge is -2.03. The lowest BCUT2D eigenvalue weighted by atomic mass is 10.1. The van der Waals surface area contributed by atoms with Crippen molar-refractivity contribution in [2.75, 3.05) is 11.1 Å². The zero-order valence-electron chi connectivity index (χ0n) is 13.9. The number of anilines is 1. The Kier molecular flexibility index (Phi) is 5.17. The molecule has 2 aromatic carbocycles. The van der Waals surface area contributed by atoms with Crippen LogP contribution in [0.3, 0.4) is 0 Å². The van der Waals surface area contributed by atoms with Crippen LogP contribution in [0.2, 0.25) is 0 Å². The summed E-state index contributed by atoms with van der Waals surface area (Å²) in [5.41, 5.74) is 2.45. The third-order valence-corrected chi connectivity index (χ3v) is 5.06. The van der Waals surface area contributed by atoms with Gasteiger partial charge in [-0.3, -0.25) is 9.78 Å². The van der Waals surface area contributed by atoms with E-state index in [1.54, 1.807) is 6.20 Å². The summed E-state index contributed by atoms with van der Waals surface area (Å²) in [6.45, 7) is 0. The highest BCUT2D eigenvalue weighted by molar-refractivity contribution is 9.10. The lowest BCUT2D eigenvalue weighted by molar-refractivity contribution is -0.113. The topological polar surface area (TPSA) is 80.9 Å². The van der Waals surface area contributed by atoms with Gasteiger partial charge in [0.25, 0.3) is 5.22 Å². The van der Waals surface area contributed by atoms with Gasteiger partial charge >= 0.3 is 0 Å². The van der Waals surface area contributed by atoms with Crippen molar-refractivity contribution in [3.8, 4) is 11.5 Å². The van der Waals surface area contributed by atoms with Crippen LogP contribution in [0.1, 0.15) is 0 Å². The van der Waals surface area contributed by atoms with Gasteiger partial charge in [-0.15, -0.1) is 10.2 Å². The SMILES string of the molecule is O=C(CSc1nnc(-c2ccc3ncccc3c2)o1)Nc1ccc(Br)cc1. The highest BCUT2D eigenvalue weighted by Crippen LogP contribution is 2.25. The van der Waals surface area contributed by atoms with Gasteiger partial charge in [0, 0.05) is 27.3 Å². The van der Waals surface area contributed by atoms with E-state index in [2.05, 4.69) is 36.4 Å². The molecule has 2 aromatic heterocycles. The fourth-order valence-electron chi connectivity index (χ4n) is 2.45. The molecule has 0 aliphatic carbocycles. The van der Waals surface area contributed by atoms with Crippen molar-refractivity contribution in [3.05, 3.63) is 65.3 Å². The Morgan fingerprint density at radius 2 is 1.96 bits per heavy atom. The highest BCUT2D eigenvalue weighted by Gasteiger charge is 2.12. The Balaban J connectivity index is 1.40. The Labute approximate surface area is 167 Å². The first-order valence-corrected chi connectivity index (χ1v) is 9.82. The fourth-order valence-corrected chi connectivity index (χ4v) is 3.28. The standard InChI is InChI=1S/C19H13BrN4O2S/c20-14-4-6-15(7-5-14)22-17(25)11-27-19-24-23-18(26-19)13-3-8-16-12(10-13)2-1-9-21-16/h1-10H,11H2,(H,22,25). The van der Waals surface area contributed by atoms with E-state index in [9.17, 15) is 4.79 Å². The number of nitrogens with one attached hydrogen (secondary N) is 1. The largest absolute Gasteiger partial charge is 0.411 e. The van der Waals surface area contributed by atoms with Crippen molar-refractivity contribution >= 4 is 50.2 Å². The quantitative estimate of drug-likeness (QED) is 0.449. The average molecular weight is 441 g/mol. The molecule has 0 saturated carbocycles. The molecule has 8 heteroatoms. The first kappa shape index (κ1) is 17.7. The molecule has 27 heavy (non-hydrogen) atoms. The second-order valence-corrected chi connectivity index (χ2v) is 7.47. The van der Waals surface area contributed by atoms with Crippen LogP contribution in [0.15, 0.2) is 74.9 Å². The fraction of sp³-hybridized carbons (Fsp3) is 0.0526. The van der Waals surface area contributed by atoms with E-state index in [4.69, 9.17) is 4.42 Å². The van der Waals surface area contributed by atoms with Crippen LogP contribution < -0.4 is 5.32 Å². The van der Waals surface area contributed by atoms with Gasteiger partial charge in [0.15, 0.2) is 0 Å². The lowest BCUT2D eigenvalue weighted by Crippen LogP contribution is -2.13. The summed E-state index contributed by atoms with van der Waals surface area (Å²) in [6.07, 6.45) is 1.75. The summed E-state index contributed by atoms with van der Waals surface area (Å²) in [7, 11) is 0. The van der Waals surface area contributed by atoms with Gasteiger partial charge in [-0.1, -0.05) is 33.8 Å². The van der Waals surface area contributed by atoms with E-state index < -0.39 is 0 Å². The molecule has 6 nitrogen and oxygen atoms in total. The van der Waals surface area contributed by atoms with Crippen molar-refractivity contribution in [2.24, 2.45) is 0 Å². The van der Waals surface area contributed by atoms with Gasteiger partial charge in [0.1, 0.15) is 0 Å². The minimum absolute atomic E-state index is 0.140.